The molecule has 1 N–H and O–H groups in total. The highest BCUT2D eigenvalue weighted by Crippen LogP contribution is 1.97. The minimum absolute atomic E-state index is 0.591. The number of hydrogen-bond acceptors (Lipinski definition) is 1. The van der Waals surface area contributed by atoms with Crippen LogP contribution < -0.4 is 4.90 Å². The molecule has 14 heavy (non-hydrogen) atoms. The highest BCUT2D eigenvalue weighted by molar-refractivity contribution is 5.14. The summed E-state index contributed by atoms with van der Waals surface area (Å²) in [6.45, 7) is 1.83. The second-order valence-corrected chi connectivity index (χ2v) is 3.39. The molecule has 1 aromatic rings. The van der Waals surface area contributed by atoms with Crippen molar-refractivity contribution in [2.24, 2.45) is 0 Å². The van der Waals surface area contributed by atoms with Gasteiger partial charge in [-0.1, -0.05) is 30.3 Å². The highest BCUT2D eigenvalue weighted by atomic mass is 15.1. The molecule has 74 valence electrons. The Labute approximate surface area is 85.8 Å². The predicted molar refractivity (Wildman–Crippen MR) is 56.4 cm³/mol. The van der Waals surface area contributed by atoms with E-state index in [4.69, 9.17) is 5.26 Å². The lowest BCUT2D eigenvalue weighted by atomic mass is 10.1. The molecule has 1 atom stereocenters. The van der Waals surface area contributed by atoms with Gasteiger partial charge in [0, 0.05) is 6.42 Å². The SMILES string of the molecule is [CH2-][NH+](CCC#N)CCc1ccccc1. The van der Waals surface area contributed by atoms with E-state index in [1.54, 1.807) is 0 Å². The van der Waals surface area contributed by atoms with Gasteiger partial charge >= 0.3 is 0 Å². The number of rotatable bonds is 5. The zero-order chi connectivity index (χ0) is 10.2. The van der Waals surface area contributed by atoms with E-state index in [9.17, 15) is 0 Å². The van der Waals surface area contributed by atoms with Gasteiger partial charge in [0.05, 0.1) is 25.6 Å². The number of benzene rings is 1. The van der Waals surface area contributed by atoms with Crippen LogP contribution in [0.5, 0.6) is 0 Å². The van der Waals surface area contributed by atoms with Crippen LogP contribution in [0.1, 0.15) is 12.0 Å². The molecule has 0 aliphatic carbocycles. The molecule has 1 unspecified atom stereocenters. The lowest BCUT2D eigenvalue weighted by Crippen LogP contribution is -3.07. The first-order valence-electron chi connectivity index (χ1n) is 4.90. The first-order valence-corrected chi connectivity index (χ1v) is 4.90. The van der Waals surface area contributed by atoms with Gasteiger partial charge in [-0.05, 0) is 5.56 Å². The van der Waals surface area contributed by atoms with Gasteiger partial charge in [-0.25, -0.2) is 0 Å². The summed E-state index contributed by atoms with van der Waals surface area (Å²) in [5.74, 6) is 0. The first-order chi connectivity index (χ1) is 6.83. The summed E-state index contributed by atoms with van der Waals surface area (Å²) in [5, 5.41) is 8.41. The average Bonchev–Trinajstić information content (AvgIpc) is 2.25. The number of nitrogens with zero attached hydrogens (tertiary/aromatic N) is 1. The zero-order valence-corrected chi connectivity index (χ0v) is 8.37. The van der Waals surface area contributed by atoms with Gasteiger partial charge in [0.1, 0.15) is 0 Å². The third-order valence-corrected chi connectivity index (χ3v) is 2.20. The van der Waals surface area contributed by atoms with Crippen molar-refractivity contribution >= 4 is 0 Å². The molecule has 1 aromatic carbocycles. The van der Waals surface area contributed by atoms with Crippen LogP contribution in [-0.4, -0.2) is 13.1 Å². The number of quaternary nitrogens is 1. The smallest absolute Gasteiger partial charge is 0.0821 e. The molecule has 1 rings (SSSR count). The molecule has 0 radical (unpaired) electrons. The normalized spacial score (nSPS) is 12.0. The summed E-state index contributed by atoms with van der Waals surface area (Å²) >= 11 is 0. The van der Waals surface area contributed by atoms with Crippen LogP contribution in [0.2, 0.25) is 0 Å². The van der Waals surface area contributed by atoms with Gasteiger partial charge < -0.3 is 4.90 Å². The van der Waals surface area contributed by atoms with Crippen LogP contribution in [0.15, 0.2) is 30.3 Å². The lowest BCUT2D eigenvalue weighted by molar-refractivity contribution is -0.852. The fourth-order valence-corrected chi connectivity index (χ4v) is 1.32. The van der Waals surface area contributed by atoms with E-state index in [2.05, 4.69) is 25.2 Å². The standard InChI is InChI=1S/C12H16N2/c1-14(10-5-9-13)11-8-12-6-3-2-4-7-12/h2-4,6-7,14H,1,5,8,10-11H2. The van der Waals surface area contributed by atoms with Crippen molar-refractivity contribution in [3.8, 4) is 6.07 Å². The van der Waals surface area contributed by atoms with E-state index in [1.165, 1.54) is 10.5 Å². The molecule has 0 aromatic heterocycles. The second-order valence-electron chi connectivity index (χ2n) is 3.39. The van der Waals surface area contributed by atoms with Crippen molar-refractivity contribution < 1.29 is 4.90 Å². The van der Waals surface area contributed by atoms with Crippen molar-refractivity contribution in [2.75, 3.05) is 13.1 Å². The summed E-state index contributed by atoms with van der Waals surface area (Å²) < 4.78 is 0. The Kier molecular flexibility index (Phi) is 4.74. The van der Waals surface area contributed by atoms with Gasteiger partial charge in [0.25, 0.3) is 0 Å². The molecule has 2 nitrogen and oxygen atoms in total. The van der Waals surface area contributed by atoms with Gasteiger partial charge in [0.15, 0.2) is 0 Å². The Balaban J connectivity index is 2.24. The monoisotopic (exact) mass is 188 g/mol. The fraction of sp³-hybridized carbons (Fsp3) is 0.333. The van der Waals surface area contributed by atoms with Crippen molar-refractivity contribution in [3.63, 3.8) is 0 Å². The molecule has 0 aliphatic rings. The molecule has 0 saturated heterocycles. The van der Waals surface area contributed by atoms with Crippen LogP contribution in [0.3, 0.4) is 0 Å². The van der Waals surface area contributed by atoms with Crippen LogP contribution in [0, 0.1) is 18.4 Å². The van der Waals surface area contributed by atoms with Crippen LogP contribution >= 0.6 is 0 Å². The number of nitrogens with one attached hydrogen (secondary N) is 1. The molecule has 0 aliphatic heterocycles. The van der Waals surface area contributed by atoms with Gasteiger partial charge in [-0.3, -0.25) is 0 Å². The van der Waals surface area contributed by atoms with E-state index >= 15 is 0 Å². The van der Waals surface area contributed by atoms with Crippen LogP contribution in [0.4, 0.5) is 0 Å². The van der Waals surface area contributed by atoms with E-state index in [-0.39, 0.29) is 0 Å². The number of hydrogen-bond donors (Lipinski definition) is 1. The summed E-state index contributed by atoms with van der Waals surface area (Å²) in [6.07, 6.45) is 1.62. The maximum atomic E-state index is 8.41. The van der Waals surface area contributed by atoms with Gasteiger partial charge in [0.2, 0.25) is 0 Å². The fourth-order valence-electron chi connectivity index (χ4n) is 1.32. The molecule has 0 fully saturated rings. The van der Waals surface area contributed by atoms with E-state index in [0.717, 1.165) is 19.5 Å². The predicted octanol–water partition coefficient (Wildman–Crippen LogP) is 0.819. The average molecular weight is 188 g/mol. The minimum Gasteiger partial charge on any atom is -0.467 e. The molecule has 0 saturated carbocycles. The third-order valence-electron chi connectivity index (χ3n) is 2.20. The van der Waals surface area contributed by atoms with Gasteiger partial charge in [-0.15, -0.1) is 0 Å². The Morgan fingerprint density at radius 3 is 2.57 bits per heavy atom. The zero-order valence-electron chi connectivity index (χ0n) is 8.37. The third kappa shape index (κ3) is 4.06. The van der Waals surface area contributed by atoms with Crippen molar-refractivity contribution in [2.45, 2.75) is 12.8 Å². The van der Waals surface area contributed by atoms with Crippen LogP contribution in [0.25, 0.3) is 0 Å². The highest BCUT2D eigenvalue weighted by Gasteiger charge is 1.96. The lowest BCUT2D eigenvalue weighted by Gasteiger charge is -2.19. The van der Waals surface area contributed by atoms with Crippen molar-refractivity contribution in [1.82, 2.24) is 0 Å². The molecule has 2 heteroatoms. The summed E-state index contributed by atoms with van der Waals surface area (Å²) in [4.78, 5) is 1.18. The largest absolute Gasteiger partial charge is 0.467 e. The minimum atomic E-state index is 0.591. The Hall–Kier alpha value is -1.33. The Bertz CT molecular complexity index is 287. The molecular formula is C12H16N2. The van der Waals surface area contributed by atoms with Crippen LogP contribution in [-0.2, 0) is 6.42 Å². The molecule has 0 amide bonds. The molecule has 0 heterocycles. The Morgan fingerprint density at radius 1 is 1.21 bits per heavy atom. The first kappa shape index (κ1) is 10.7. The molecule has 0 spiro atoms. The van der Waals surface area contributed by atoms with E-state index in [0.29, 0.717) is 6.42 Å². The van der Waals surface area contributed by atoms with Crippen molar-refractivity contribution in [1.29, 1.82) is 5.26 Å². The topological polar surface area (TPSA) is 28.2 Å². The van der Waals surface area contributed by atoms with E-state index < -0.39 is 0 Å². The summed E-state index contributed by atoms with van der Waals surface area (Å²) in [5.41, 5.74) is 1.34. The number of nitriles is 1. The van der Waals surface area contributed by atoms with Gasteiger partial charge in [-0.2, -0.15) is 12.3 Å². The maximum absolute atomic E-state index is 8.41. The maximum Gasteiger partial charge on any atom is 0.0821 e. The molecule has 0 bridgehead atoms. The summed E-state index contributed by atoms with van der Waals surface area (Å²) in [6, 6.07) is 12.5. The Morgan fingerprint density at radius 2 is 1.93 bits per heavy atom. The molecular weight excluding hydrogens is 172 g/mol. The second kappa shape index (κ2) is 6.17. The van der Waals surface area contributed by atoms with Crippen molar-refractivity contribution in [3.05, 3.63) is 42.9 Å². The van der Waals surface area contributed by atoms with E-state index in [1.807, 2.05) is 18.2 Å². The summed E-state index contributed by atoms with van der Waals surface area (Å²) in [7, 11) is 3.96. The quantitative estimate of drug-likeness (QED) is 0.681.